The lowest BCUT2D eigenvalue weighted by Crippen LogP contribution is -2.42. The predicted octanol–water partition coefficient (Wildman–Crippen LogP) is 1.70. The van der Waals surface area contributed by atoms with Crippen molar-refractivity contribution in [1.82, 2.24) is 4.31 Å². The molecule has 0 aliphatic carbocycles. The van der Waals surface area contributed by atoms with Gasteiger partial charge in [0.1, 0.15) is 6.07 Å². The minimum Gasteiger partial charge on any atom is -0.481 e. The highest BCUT2D eigenvalue weighted by Gasteiger charge is 2.33. The number of aliphatic carboxylic acids is 1. The molecular weight excluding hydrogens is 316 g/mol. The first-order valence-corrected chi connectivity index (χ1v) is 8.10. The Morgan fingerprint density at radius 1 is 1.48 bits per heavy atom. The Labute approximate surface area is 127 Å². The summed E-state index contributed by atoms with van der Waals surface area (Å²) in [7, 11) is -3.80. The maximum absolute atomic E-state index is 12.5. The normalized spacial score (nSPS) is 19.9. The molecule has 1 heterocycles. The van der Waals surface area contributed by atoms with E-state index in [1.54, 1.807) is 0 Å². The quantitative estimate of drug-likeness (QED) is 0.910. The van der Waals surface area contributed by atoms with Crippen LogP contribution in [-0.4, -0.2) is 36.9 Å². The molecule has 0 bridgehead atoms. The Morgan fingerprint density at radius 2 is 2.19 bits per heavy atom. The zero-order chi connectivity index (χ0) is 15.6. The van der Waals surface area contributed by atoms with Gasteiger partial charge in [0.25, 0.3) is 0 Å². The summed E-state index contributed by atoms with van der Waals surface area (Å²) in [5.41, 5.74) is 0.192. The third kappa shape index (κ3) is 3.18. The van der Waals surface area contributed by atoms with E-state index in [0.29, 0.717) is 12.8 Å². The van der Waals surface area contributed by atoms with Gasteiger partial charge in [0.15, 0.2) is 0 Å². The van der Waals surface area contributed by atoms with Crippen LogP contribution in [0.2, 0.25) is 5.02 Å². The van der Waals surface area contributed by atoms with E-state index in [1.165, 1.54) is 18.2 Å². The number of carbonyl (C=O) groups is 1. The zero-order valence-corrected chi connectivity index (χ0v) is 12.6. The number of piperidine rings is 1. The third-order valence-corrected chi connectivity index (χ3v) is 5.61. The van der Waals surface area contributed by atoms with Crippen LogP contribution < -0.4 is 0 Å². The topological polar surface area (TPSA) is 98.5 Å². The summed E-state index contributed by atoms with van der Waals surface area (Å²) in [6.45, 7) is 0.235. The van der Waals surface area contributed by atoms with Crippen LogP contribution in [0, 0.1) is 17.2 Å². The molecule has 0 radical (unpaired) electrons. The molecule has 112 valence electrons. The Kier molecular flexibility index (Phi) is 4.52. The molecule has 1 aliphatic rings. The Hall–Kier alpha value is -1.62. The second kappa shape index (κ2) is 6.02. The maximum Gasteiger partial charge on any atom is 0.307 e. The van der Waals surface area contributed by atoms with Gasteiger partial charge >= 0.3 is 5.97 Å². The number of halogens is 1. The molecule has 1 saturated heterocycles. The van der Waals surface area contributed by atoms with Crippen LogP contribution in [0.25, 0.3) is 0 Å². The average molecular weight is 329 g/mol. The van der Waals surface area contributed by atoms with Crippen LogP contribution in [0.5, 0.6) is 0 Å². The second-order valence-corrected chi connectivity index (χ2v) is 7.14. The van der Waals surface area contributed by atoms with Crippen molar-refractivity contribution in [1.29, 1.82) is 5.26 Å². The third-order valence-electron chi connectivity index (χ3n) is 3.43. The van der Waals surface area contributed by atoms with Gasteiger partial charge in [-0.05, 0) is 31.0 Å². The number of nitrogens with zero attached hydrogens (tertiary/aromatic N) is 2. The second-order valence-electron chi connectivity index (χ2n) is 4.79. The van der Waals surface area contributed by atoms with Crippen LogP contribution in [0.1, 0.15) is 18.4 Å². The summed E-state index contributed by atoms with van der Waals surface area (Å²) in [6.07, 6.45) is 0.968. The fourth-order valence-electron chi connectivity index (χ4n) is 2.26. The van der Waals surface area contributed by atoms with Gasteiger partial charge in [-0.1, -0.05) is 11.6 Å². The Bertz CT molecular complexity index is 711. The van der Waals surface area contributed by atoms with Crippen molar-refractivity contribution < 1.29 is 18.3 Å². The number of benzene rings is 1. The summed E-state index contributed by atoms with van der Waals surface area (Å²) in [6, 6.07) is 5.73. The summed E-state index contributed by atoms with van der Waals surface area (Å²) in [5, 5.41) is 17.9. The molecule has 0 aromatic heterocycles. The highest BCUT2D eigenvalue weighted by molar-refractivity contribution is 7.89. The van der Waals surface area contributed by atoms with E-state index in [9.17, 15) is 13.2 Å². The fourth-order valence-corrected chi connectivity index (χ4v) is 4.10. The van der Waals surface area contributed by atoms with E-state index in [1.807, 2.05) is 6.07 Å². The van der Waals surface area contributed by atoms with Gasteiger partial charge in [-0.25, -0.2) is 8.42 Å². The first-order valence-electron chi connectivity index (χ1n) is 6.29. The van der Waals surface area contributed by atoms with Gasteiger partial charge in [0, 0.05) is 13.1 Å². The number of rotatable bonds is 3. The number of carboxylic acids is 1. The largest absolute Gasteiger partial charge is 0.481 e. The molecule has 0 amide bonds. The van der Waals surface area contributed by atoms with E-state index in [-0.39, 0.29) is 28.6 Å². The van der Waals surface area contributed by atoms with Crippen molar-refractivity contribution in [2.75, 3.05) is 13.1 Å². The van der Waals surface area contributed by atoms with Gasteiger partial charge in [0.2, 0.25) is 10.0 Å². The maximum atomic E-state index is 12.5. The monoisotopic (exact) mass is 328 g/mol. The summed E-state index contributed by atoms with van der Waals surface area (Å²) in [5.74, 6) is -1.69. The first-order chi connectivity index (χ1) is 9.86. The molecule has 0 unspecified atom stereocenters. The molecule has 0 spiro atoms. The van der Waals surface area contributed by atoms with Crippen LogP contribution in [0.3, 0.4) is 0 Å². The molecule has 1 aromatic carbocycles. The van der Waals surface area contributed by atoms with Crippen LogP contribution in [0.4, 0.5) is 0 Å². The van der Waals surface area contributed by atoms with Crippen LogP contribution in [0.15, 0.2) is 23.1 Å². The van der Waals surface area contributed by atoms with Crippen molar-refractivity contribution in [2.45, 2.75) is 17.7 Å². The number of nitriles is 1. The number of hydrogen-bond donors (Lipinski definition) is 1. The van der Waals surface area contributed by atoms with Crippen LogP contribution in [-0.2, 0) is 14.8 Å². The van der Waals surface area contributed by atoms with Crippen molar-refractivity contribution in [3.05, 3.63) is 28.8 Å². The van der Waals surface area contributed by atoms with E-state index >= 15 is 0 Å². The zero-order valence-electron chi connectivity index (χ0n) is 11.0. The molecule has 21 heavy (non-hydrogen) atoms. The molecule has 1 atom stereocenters. The minimum atomic E-state index is -3.80. The highest BCUT2D eigenvalue weighted by Crippen LogP contribution is 2.26. The summed E-state index contributed by atoms with van der Waals surface area (Å²) < 4.78 is 26.2. The summed E-state index contributed by atoms with van der Waals surface area (Å²) in [4.78, 5) is 11.0. The highest BCUT2D eigenvalue weighted by atomic mass is 35.5. The minimum absolute atomic E-state index is 0.0301. The van der Waals surface area contributed by atoms with Gasteiger partial charge in [-0.2, -0.15) is 9.57 Å². The van der Waals surface area contributed by atoms with E-state index < -0.39 is 21.9 Å². The van der Waals surface area contributed by atoms with Crippen molar-refractivity contribution in [3.63, 3.8) is 0 Å². The fraction of sp³-hybridized carbons (Fsp3) is 0.385. The van der Waals surface area contributed by atoms with Crippen molar-refractivity contribution >= 4 is 27.6 Å². The van der Waals surface area contributed by atoms with E-state index in [2.05, 4.69) is 0 Å². The number of carboxylic acid groups (broad SMARTS) is 1. The van der Waals surface area contributed by atoms with Gasteiger partial charge in [-0.15, -0.1) is 0 Å². The number of hydrogen-bond acceptors (Lipinski definition) is 4. The molecule has 8 heteroatoms. The van der Waals surface area contributed by atoms with Crippen LogP contribution >= 0.6 is 11.6 Å². The lowest BCUT2D eigenvalue weighted by molar-refractivity contribution is -0.142. The Balaban J connectivity index is 2.32. The molecule has 1 aliphatic heterocycles. The van der Waals surface area contributed by atoms with E-state index in [4.69, 9.17) is 22.0 Å². The standard InChI is InChI=1S/C13H13ClN2O4S/c14-12-6-11(4-3-9(12)7-15)21(19,20)16-5-1-2-10(8-16)13(17)18/h3-4,6,10H,1-2,5,8H2,(H,17,18)/t10-/m0/s1. The molecule has 0 saturated carbocycles. The smallest absolute Gasteiger partial charge is 0.307 e. The van der Waals surface area contributed by atoms with Crippen molar-refractivity contribution in [2.24, 2.45) is 5.92 Å². The lowest BCUT2D eigenvalue weighted by Gasteiger charge is -2.29. The molecule has 1 fully saturated rings. The Morgan fingerprint density at radius 3 is 2.76 bits per heavy atom. The number of sulfonamides is 1. The molecule has 2 rings (SSSR count). The molecule has 1 aromatic rings. The molecule has 1 N–H and O–H groups in total. The van der Waals surface area contributed by atoms with E-state index in [0.717, 1.165) is 4.31 Å². The van der Waals surface area contributed by atoms with Gasteiger partial charge in [-0.3, -0.25) is 4.79 Å². The molecular formula is C13H13ClN2O4S. The lowest BCUT2D eigenvalue weighted by atomic mass is 10.0. The average Bonchev–Trinajstić information content (AvgIpc) is 2.47. The predicted molar refractivity (Wildman–Crippen MR) is 75.3 cm³/mol. The van der Waals surface area contributed by atoms with Gasteiger partial charge in [0.05, 0.1) is 21.4 Å². The van der Waals surface area contributed by atoms with Gasteiger partial charge < -0.3 is 5.11 Å². The SMILES string of the molecule is N#Cc1ccc(S(=O)(=O)N2CCC[C@H](C(=O)O)C2)cc1Cl. The van der Waals surface area contributed by atoms with Crippen molar-refractivity contribution in [3.8, 4) is 6.07 Å². The first kappa shape index (κ1) is 15.8. The summed E-state index contributed by atoms with van der Waals surface area (Å²) >= 11 is 5.85. The molecule has 6 nitrogen and oxygen atoms in total.